The van der Waals surface area contributed by atoms with Crippen LogP contribution < -0.4 is 4.74 Å². The fourth-order valence-electron chi connectivity index (χ4n) is 1.45. The fourth-order valence-corrected chi connectivity index (χ4v) is 1.85. The highest BCUT2D eigenvalue weighted by atomic mass is 32.2. The molecule has 0 saturated carbocycles. The average Bonchev–Trinajstić information content (AvgIpc) is 2.39. The van der Waals surface area contributed by atoms with E-state index in [1.807, 2.05) is 0 Å². The minimum absolute atomic E-state index is 0.0189. The molecule has 0 aliphatic carbocycles. The quantitative estimate of drug-likeness (QED) is 0.528. The van der Waals surface area contributed by atoms with Crippen molar-refractivity contribution < 1.29 is 18.4 Å². The number of para-hydroxylation sites is 1. The molecule has 2 aromatic rings. The lowest BCUT2D eigenvalue weighted by molar-refractivity contribution is -0.385. The van der Waals surface area contributed by atoms with Gasteiger partial charge in [-0.3, -0.25) is 10.1 Å². The van der Waals surface area contributed by atoms with Crippen LogP contribution >= 0.6 is 0 Å². The molecule has 0 aromatic heterocycles. The van der Waals surface area contributed by atoms with Gasteiger partial charge in [-0.05, 0) is 24.3 Å². The van der Waals surface area contributed by atoms with E-state index < -0.39 is 16.0 Å². The lowest BCUT2D eigenvalue weighted by Crippen LogP contribution is -1.96. The molecule has 2 rings (SSSR count). The van der Waals surface area contributed by atoms with Crippen LogP contribution in [-0.4, -0.2) is 13.7 Å². The van der Waals surface area contributed by atoms with E-state index in [-0.39, 0.29) is 16.3 Å². The van der Waals surface area contributed by atoms with Gasteiger partial charge in [0, 0.05) is 6.07 Å². The number of nitrogens with zero attached hydrogens (tertiary/aromatic N) is 1. The van der Waals surface area contributed by atoms with Gasteiger partial charge in [-0.1, -0.05) is 18.2 Å². The van der Waals surface area contributed by atoms with Gasteiger partial charge in [-0.15, -0.1) is 0 Å². The van der Waals surface area contributed by atoms with E-state index >= 15 is 0 Å². The maximum absolute atomic E-state index is 10.9. The fraction of sp³-hybridized carbons (Fsp3) is 0. The Morgan fingerprint density at radius 1 is 1.16 bits per heavy atom. The van der Waals surface area contributed by atoms with Crippen molar-refractivity contribution in [1.29, 1.82) is 0 Å². The minimum atomic E-state index is -2.27. The standard InChI is InChI=1S/C12H9NO5S/c14-13(15)11-8-10(19(16)17)6-7-12(11)18-9-4-2-1-3-5-9/h1-8H,(H,16,17). The summed E-state index contributed by atoms with van der Waals surface area (Å²) in [6, 6.07) is 12.2. The lowest BCUT2D eigenvalue weighted by atomic mass is 10.3. The summed E-state index contributed by atoms with van der Waals surface area (Å²) in [5, 5.41) is 10.9. The number of rotatable bonds is 4. The van der Waals surface area contributed by atoms with Gasteiger partial charge in [0.15, 0.2) is 11.1 Å². The van der Waals surface area contributed by atoms with Gasteiger partial charge in [-0.2, -0.15) is 0 Å². The van der Waals surface area contributed by atoms with Gasteiger partial charge >= 0.3 is 5.69 Å². The highest BCUT2D eigenvalue weighted by molar-refractivity contribution is 7.79. The third kappa shape index (κ3) is 3.15. The summed E-state index contributed by atoms with van der Waals surface area (Å²) in [5.74, 6) is 0.467. The van der Waals surface area contributed by atoms with E-state index in [0.717, 1.165) is 6.07 Å². The number of hydrogen-bond acceptors (Lipinski definition) is 4. The van der Waals surface area contributed by atoms with Gasteiger partial charge in [0.2, 0.25) is 5.75 Å². The number of ether oxygens (including phenoxy) is 1. The summed E-state index contributed by atoms with van der Waals surface area (Å²) in [6.07, 6.45) is 0. The van der Waals surface area contributed by atoms with Gasteiger partial charge in [0.05, 0.1) is 9.82 Å². The number of nitro benzene ring substituents is 1. The second kappa shape index (κ2) is 5.59. The molecule has 7 heteroatoms. The van der Waals surface area contributed by atoms with Crippen molar-refractivity contribution in [2.45, 2.75) is 4.90 Å². The molecule has 0 fully saturated rings. The van der Waals surface area contributed by atoms with Crippen molar-refractivity contribution in [3.63, 3.8) is 0 Å². The second-order valence-corrected chi connectivity index (χ2v) is 4.52. The Kier molecular flexibility index (Phi) is 3.88. The predicted octanol–water partition coefficient (Wildman–Crippen LogP) is 2.97. The molecule has 1 atom stereocenters. The molecule has 0 bridgehead atoms. The molecule has 0 spiro atoms. The van der Waals surface area contributed by atoms with E-state index in [9.17, 15) is 14.3 Å². The first kappa shape index (κ1) is 13.2. The summed E-state index contributed by atoms with van der Waals surface area (Å²) in [5.41, 5.74) is -0.358. The lowest BCUT2D eigenvalue weighted by Gasteiger charge is -2.06. The summed E-state index contributed by atoms with van der Waals surface area (Å²) in [6.45, 7) is 0. The van der Waals surface area contributed by atoms with Gasteiger partial charge < -0.3 is 9.29 Å². The monoisotopic (exact) mass is 279 g/mol. The number of nitro groups is 1. The Labute approximate surface area is 111 Å². The van der Waals surface area contributed by atoms with Crippen molar-refractivity contribution in [2.24, 2.45) is 0 Å². The third-order valence-electron chi connectivity index (χ3n) is 2.30. The largest absolute Gasteiger partial charge is 0.450 e. The molecule has 2 aromatic carbocycles. The molecule has 19 heavy (non-hydrogen) atoms. The first-order valence-corrected chi connectivity index (χ1v) is 6.31. The van der Waals surface area contributed by atoms with E-state index in [4.69, 9.17) is 9.29 Å². The second-order valence-electron chi connectivity index (χ2n) is 3.55. The number of hydrogen-bond donors (Lipinski definition) is 1. The van der Waals surface area contributed by atoms with Crippen LogP contribution in [0.5, 0.6) is 11.5 Å². The van der Waals surface area contributed by atoms with E-state index in [1.165, 1.54) is 12.1 Å². The summed E-state index contributed by atoms with van der Waals surface area (Å²) < 4.78 is 25.2. The number of benzene rings is 2. The Morgan fingerprint density at radius 3 is 2.42 bits per heavy atom. The molecule has 0 aliphatic heterocycles. The van der Waals surface area contributed by atoms with E-state index in [0.29, 0.717) is 5.75 Å². The molecule has 1 N–H and O–H groups in total. The minimum Gasteiger partial charge on any atom is -0.450 e. The SMILES string of the molecule is O=[N+]([O-])c1cc(S(=O)O)ccc1Oc1ccccc1. The first-order valence-electron chi connectivity index (χ1n) is 5.20. The topological polar surface area (TPSA) is 89.7 Å². The highest BCUT2D eigenvalue weighted by Crippen LogP contribution is 2.32. The molecule has 0 aliphatic rings. The van der Waals surface area contributed by atoms with Crippen LogP contribution in [-0.2, 0) is 11.1 Å². The Hall–Kier alpha value is -2.25. The van der Waals surface area contributed by atoms with Crippen LogP contribution in [0.15, 0.2) is 53.4 Å². The summed E-state index contributed by atoms with van der Waals surface area (Å²) >= 11 is -2.27. The van der Waals surface area contributed by atoms with E-state index in [1.54, 1.807) is 30.3 Å². The molecule has 1 unspecified atom stereocenters. The van der Waals surface area contributed by atoms with Crippen molar-refractivity contribution >= 4 is 16.8 Å². The van der Waals surface area contributed by atoms with Crippen molar-refractivity contribution in [1.82, 2.24) is 0 Å². The zero-order valence-electron chi connectivity index (χ0n) is 9.55. The molecule has 98 valence electrons. The van der Waals surface area contributed by atoms with Crippen LogP contribution in [0.1, 0.15) is 0 Å². The molecule has 0 saturated heterocycles. The average molecular weight is 279 g/mol. The van der Waals surface area contributed by atoms with Crippen LogP contribution in [0.25, 0.3) is 0 Å². The zero-order valence-corrected chi connectivity index (χ0v) is 10.4. The van der Waals surface area contributed by atoms with Gasteiger partial charge in [0.25, 0.3) is 0 Å². The molecular formula is C12H9NO5S. The predicted molar refractivity (Wildman–Crippen MR) is 68.6 cm³/mol. The third-order valence-corrected chi connectivity index (χ3v) is 2.96. The van der Waals surface area contributed by atoms with Gasteiger partial charge in [0.1, 0.15) is 5.75 Å². The Morgan fingerprint density at radius 2 is 1.84 bits per heavy atom. The summed E-state index contributed by atoms with van der Waals surface area (Å²) in [4.78, 5) is 10.2. The molecule has 0 amide bonds. The molecule has 0 radical (unpaired) electrons. The zero-order chi connectivity index (χ0) is 13.8. The summed E-state index contributed by atoms with van der Waals surface area (Å²) in [7, 11) is 0. The molecule has 6 nitrogen and oxygen atoms in total. The van der Waals surface area contributed by atoms with Crippen LogP contribution in [0.4, 0.5) is 5.69 Å². The van der Waals surface area contributed by atoms with Gasteiger partial charge in [-0.25, -0.2) is 4.21 Å². The highest BCUT2D eigenvalue weighted by Gasteiger charge is 2.18. The smallest absolute Gasteiger partial charge is 0.312 e. The van der Waals surface area contributed by atoms with Crippen molar-refractivity contribution in [3.05, 3.63) is 58.6 Å². The molecular weight excluding hydrogens is 270 g/mol. The Balaban J connectivity index is 2.40. The first-order chi connectivity index (χ1) is 9.08. The van der Waals surface area contributed by atoms with Crippen LogP contribution in [0.3, 0.4) is 0 Å². The van der Waals surface area contributed by atoms with Crippen molar-refractivity contribution in [3.8, 4) is 11.5 Å². The van der Waals surface area contributed by atoms with Crippen molar-refractivity contribution in [2.75, 3.05) is 0 Å². The van der Waals surface area contributed by atoms with E-state index in [2.05, 4.69) is 0 Å². The van der Waals surface area contributed by atoms with Crippen LogP contribution in [0, 0.1) is 10.1 Å². The van der Waals surface area contributed by atoms with Crippen LogP contribution in [0.2, 0.25) is 0 Å². The normalized spacial score (nSPS) is 11.8. The maximum Gasteiger partial charge on any atom is 0.312 e. The molecule has 0 heterocycles. The Bertz CT molecular complexity index is 629. The maximum atomic E-state index is 10.9.